The fraction of sp³-hybridized carbons (Fsp3) is 0.647. The van der Waals surface area contributed by atoms with Gasteiger partial charge in [0.25, 0.3) is 0 Å². The zero-order valence-corrected chi connectivity index (χ0v) is 14.2. The first-order valence-corrected chi connectivity index (χ1v) is 8.15. The van der Waals surface area contributed by atoms with Gasteiger partial charge < -0.3 is 24.6 Å². The molecule has 7 nitrogen and oxygen atoms in total. The fourth-order valence-corrected chi connectivity index (χ4v) is 2.31. The standard InChI is InChI=1S/C17H26N2O5/c1-22-8-3-6-19-15-5-2-4-14(12-15)16(13-18)17(21)24-11-10-23-9-7-20/h12,19-20H,2-11H2,1H3/b16-14-. The predicted octanol–water partition coefficient (Wildman–Crippen LogP) is 1.05. The van der Waals surface area contributed by atoms with Crippen LogP contribution < -0.4 is 5.32 Å². The highest BCUT2D eigenvalue weighted by molar-refractivity contribution is 5.94. The van der Waals surface area contributed by atoms with Gasteiger partial charge in [-0.15, -0.1) is 0 Å². The van der Waals surface area contributed by atoms with Crippen LogP contribution in [0.5, 0.6) is 0 Å². The third-order valence-corrected chi connectivity index (χ3v) is 3.45. The van der Waals surface area contributed by atoms with Crippen molar-refractivity contribution < 1.29 is 24.1 Å². The van der Waals surface area contributed by atoms with Crippen molar-refractivity contribution in [2.45, 2.75) is 25.7 Å². The molecular formula is C17H26N2O5. The van der Waals surface area contributed by atoms with Gasteiger partial charge in [-0.25, -0.2) is 4.79 Å². The average molecular weight is 338 g/mol. The van der Waals surface area contributed by atoms with Crippen molar-refractivity contribution in [3.05, 3.63) is 22.9 Å². The van der Waals surface area contributed by atoms with E-state index in [2.05, 4.69) is 5.32 Å². The molecule has 0 amide bonds. The van der Waals surface area contributed by atoms with E-state index < -0.39 is 5.97 Å². The maximum absolute atomic E-state index is 12.0. The fourth-order valence-electron chi connectivity index (χ4n) is 2.31. The zero-order valence-electron chi connectivity index (χ0n) is 14.2. The quantitative estimate of drug-likeness (QED) is 0.251. The second kappa shape index (κ2) is 12.5. The van der Waals surface area contributed by atoms with Crippen LogP contribution in [0.15, 0.2) is 22.9 Å². The number of hydrogen-bond donors (Lipinski definition) is 2. The number of carbonyl (C=O) groups is 1. The van der Waals surface area contributed by atoms with Gasteiger partial charge in [-0.3, -0.25) is 0 Å². The number of nitrogens with one attached hydrogen (secondary N) is 1. The smallest absolute Gasteiger partial charge is 0.349 e. The van der Waals surface area contributed by atoms with Gasteiger partial charge in [0.15, 0.2) is 0 Å². The van der Waals surface area contributed by atoms with Gasteiger partial charge in [0.05, 0.1) is 19.8 Å². The summed E-state index contributed by atoms with van der Waals surface area (Å²) in [5.74, 6) is -0.628. The molecule has 24 heavy (non-hydrogen) atoms. The topological polar surface area (TPSA) is 101 Å². The second-order valence-electron chi connectivity index (χ2n) is 5.28. The molecule has 0 saturated heterocycles. The molecule has 0 saturated carbocycles. The number of esters is 1. The Morgan fingerprint density at radius 3 is 2.88 bits per heavy atom. The summed E-state index contributed by atoms with van der Waals surface area (Å²) in [4.78, 5) is 12.0. The van der Waals surface area contributed by atoms with E-state index in [0.29, 0.717) is 18.6 Å². The van der Waals surface area contributed by atoms with Crippen LogP contribution in [-0.4, -0.2) is 57.8 Å². The molecular weight excluding hydrogens is 312 g/mol. The summed E-state index contributed by atoms with van der Waals surface area (Å²) in [6.07, 6.45) is 5.24. The van der Waals surface area contributed by atoms with Crippen LogP contribution in [0.25, 0.3) is 0 Å². The van der Waals surface area contributed by atoms with Crippen molar-refractivity contribution in [1.29, 1.82) is 5.26 Å². The molecule has 0 aromatic carbocycles. The number of aliphatic hydroxyl groups excluding tert-OH is 1. The van der Waals surface area contributed by atoms with Crippen molar-refractivity contribution in [2.24, 2.45) is 0 Å². The highest BCUT2D eigenvalue weighted by Crippen LogP contribution is 2.24. The monoisotopic (exact) mass is 338 g/mol. The van der Waals surface area contributed by atoms with Crippen LogP contribution in [-0.2, 0) is 19.0 Å². The number of carbonyl (C=O) groups excluding carboxylic acids is 1. The van der Waals surface area contributed by atoms with E-state index in [1.54, 1.807) is 7.11 Å². The average Bonchev–Trinajstić information content (AvgIpc) is 2.60. The maximum atomic E-state index is 12.0. The van der Waals surface area contributed by atoms with Crippen LogP contribution in [0.4, 0.5) is 0 Å². The predicted molar refractivity (Wildman–Crippen MR) is 87.9 cm³/mol. The Bertz CT molecular complexity index is 494. The molecule has 0 aromatic heterocycles. The molecule has 0 aromatic rings. The van der Waals surface area contributed by atoms with E-state index in [1.165, 1.54) is 0 Å². The molecule has 134 valence electrons. The molecule has 7 heteroatoms. The number of nitrogens with zero attached hydrogens (tertiary/aromatic N) is 1. The summed E-state index contributed by atoms with van der Waals surface area (Å²) in [7, 11) is 1.67. The highest BCUT2D eigenvalue weighted by atomic mass is 16.6. The van der Waals surface area contributed by atoms with E-state index >= 15 is 0 Å². The van der Waals surface area contributed by atoms with Gasteiger partial charge in [0.1, 0.15) is 18.2 Å². The highest BCUT2D eigenvalue weighted by Gasteiger charge is 2.18. The van der Waals surface area contributed by atoms with Crippen molar-refractivity contribution >= 4 is 5.97 Å². The lowest BCUT2D eigenvalue weighted by Crippen LogP contribution is -2.19. The number of rotatable bonds is 11. The normalized spacial score (nSPS) is 16.1. The molecule has 0 fully saturated rings. The van der Waals surface area contributed by atoms with Gasteiger partial charge in [0, 0.05) is 26.0 Å². The minimum Gasteiger partial charge on any atom is -0.459 e. The maximum Gasteiger partial charge on any atom is 0.349 e. The summed E-state index contributed by atoms with van der Waals surface area (Å²) >= 11 is 0. The molecule has 0 bridgehead atoms. The molecule has 0 radical (unpaired) electrons. The van der Waals surface area contributed by atoms with Crippen LogP contribution in [0, 0.1) is 11.3 Å². The summed E-state index contributed by atoms with van der Waals surface area (Å²) in [5.41, 5.74) is 1.78. The molecule has 0 spiro atoms. The van der Waals surface area contributed by atoms with Crippen molar-refractivity contribution in [2.75, 3.05) is 46.7 Å². The van der Waals surface area contributed by atoms with Crippen LogP contribution in [0.2, 0.25) is 0 Å². The lowest BCUT2D eigenvalue weighted by molar-refractivity contribution is -0.140. The molecule has 2 N–H and O–H groups in total. The zero-order chi connectivity index (χ0) is 17.6. The number of aliphatic hydroxyl groups is 1. The van der Waals surface area contributed by atoms with Crippen LogP contribution >= 0.6 is 0 Å². The Hall–Kier alpha value is -1.88. The van der Waals surface area contributed by atoms with E-state index in [1.807, 2.05) is 12.1 Å². The van der Waals surface area contributed by atoms with E-state index in [4.69, 9.17) is 19.3 Å². The summed E-state index contributed by atoms with van der Waals surface area (Å²) in [6, 6.07) is 1.95. The van der Waals surface area contributed by atoms with E-state index in [0.717, 1.165) is 31.5 Å². The Kier molecular flexibility index (Phi) is 10.5. The van der Waals surface area contributed by atoms with Gasteiger partial charge in [-0.05, 0) is 37.3 Å². The summed E-state index contributed by atoms with van der Waals surface area (Å²) < 4.78 is 15.1. The Morgan fingerprint density at radius 1 is 1.33 bits per heavy atom. The Balaban J connectivity index is 2.58. The molecule has 0 aliphatic heterocycles. The van der Waals surface area contributed by atoms with Crippen molar-refractivity contribution in [3.8, 4) is 6.07 Å². The third kappa shape index (κ3) is 7.59. The first kappa shape index (κ1) is 20.2. The Morgan fingerprint density at radius 2 is 2.17 bits per heavy atom. The first-order chi connectivity index (χ1) is 11.7. The number of hydrogen-bond acceptors (Lipinski definition) is 7. The SMILES string of the molecule is COCCCNC1=C/C(=C(/C#N)C(=O)OCCOCCO)CCC1. The number of methoxy groups -OCH3 is 1. The molecule has 0 heterocycles. The number of nitriles is 1. The molecule has 1 aliphatic rings. The van der Waals surface area contributed by atoms with Gasteiger partial charge in [-0.1, -0.05) is 0 Å². The third-order valence-electron chi connectivity index (χ3n) is 3.45. The number of allylic oxidation sites excluding steroid dienone is 3. The minimum atomic E-state index is -0.628. The van der Waals surface area contributed by atoms with Gasteiger partial charge >= 0.3 is 5.97 Å². The molecule has 0 unspecified atom stereocenters. The lowest BCUT2D eigenvalue weighted by atomic mass is 9.95. The largest absolute Gasteiger partial charge is 0.459 e. The summed E-state index contributed by atoms with van der Waals surface area (Å²) in [5, 5.41) is 21.2. The van der Waals surface area contributed by atoms with E-state index in [9.17, 15) is 10.1 Å². The van der Waals surface area contributed by atoms with E-state index in [-0.39, 0.29) is 32.0 Å². The lowest BCUT2D eigenvalue weighted by Gasteiger charge is -2.18. The second-order valence-corrected chi connectivity index (χ2v) is 5.28. The number of ether oxygens (including phenoxy) is 3. The van der Waals surface area contributed by atoms with Crippen molar-refractivity contribution in [1.82, 2.24) is 5.32 Å². The van der Waals surface area contributed by atoms with Crippen LogP contribution in [0.3, 0.4) is 0 Å². The van der Waals surface area contributed by atoms with Crippen LogP contribution in [0.1, 0.15) is 25.7 Å². The molecule has 1 rings (SSSR count). The Labute approximate surface area is 142 Å². The molecule has 1 aliphatic carbocycles. The summed E-state index contributed by atoms with van der Waals surface area (Å²) in [6.45, 7) is 1.86. The first-order valence-electron chi connectivity index (χ1n) is 8.15. The minimum absolute atomic E-state index is 0.0491. The molecule has 0 atom stereocenters. The van der Waals surface area contributed by atoms with Gasteiger partial charge in [0.2, 0.25) is 0 Å². The van der Waals surface area contributed by atoms with Gasteiger partial charge in [-0.2, -0.15) is 5.26 Å². The van der Waals surface area contributed by atoms with Crippen molar-refractivity contribution in [3.63, 3.8) is 0 Å².